The molecule has 0 bridgehead atoms. The minimum Gasteiger partial charge on any atom is -0.344 e. The number of hydrogen-bond acceptors (Lipinski definition) is 2. The summed E-state index contributed by atoms with van der Waals surface area (Å²) in [4.78, 5) is 4.61. The van der Waals surface area contributed by atoms with Gasteiger partial charge in [0.05, 0.1) is 0 Å². The lowest BCUT2D eigenvalue weighted by Gasteiger charge is -2.10. The highest BCUT2D eigenvalue weighted by atomic mass is 35.5. The third-order valence-electron chi connectivity index (χ3n) is 3.43. The van der Waals surface area contributed by atoms with E-state index in [1.807, 2.05) is 0 Å². The SMILES string of the molecule is CC1CCC(Nc2ccccc2C2CC2)=N1.Cl. The molecule has 1 heterocycles. The highest BCUT2D eigenvalue weighted by molar-refractivity contribution is 5.97. The van der Waals surface area contributed by atoms with Crippen molar-refractivity contribution in [3.63, 3.8) is 0 Å². The van der Waals surface area contributed by atoms with Crippen LogP contribution in [0.5, 0.6) is 0 Å². The summed E-state index contributed by atoms with van der Waals surface area (Å²) in [6.07, 6.45) is 4.98. The molecule has 92 valence electrons. The van der Waals surface area contributed by atoms with Crippen LogP contribution >= 0.6 is 12.4 Å². The van der Waals surface area contributed by atoms with Gasteiger partial charge in [0, 0.05) is 18.2 Å². The standard InChI is InChI=1S/C14H18N2.ClH/c1-10-6-9-14(15-10)16-13-5-3-2-4-12(13)11-7-8-11;/h2-5,10-11H,6-9H2,1H3,(H,15,16);1H. The molecule has 0 spiro atoms. The number of anilines is 1. The molecule has 1 unspecified atom stereocenters. The van der Waals surface area contributed by atoms with Gasteiger partial charge in [-0.25, -0.2) is 0 Å². The first-order valence-electron chi connectivity index (χ1n) is 6.25. The van der Waals surface area contributed by atoms with Crippen molar-refractivity contribution in [2.45, 2.75) is 44.6 Å². The molecule has 2 nitrogen and oxygen atoms in total. The minimum atomic E-state index is 0. The van der Waals surface area contributed by atoms with Crippen molar-refractivity contribution in [3.05, 3.63) is 29.8 Å². The van der Waals surface area contributed by atoms with E-state index in [-0.39, 0.29) is 12.4 Å². The Morgan fingerprint density at radius 1 is 1.18 bits per heavy atom. The van der Waals surface area contributed by atoms with Gasteiger partial charge in [0.15, 0.2) is 0 Å². The highest BCUT2D eigenvalue weighted by Gasteiger charge is 2.26. The summed E-state index contributed by atoms with van der Waals surface area (Å²) in [5, 5.41) is 3.51. The van der Waals surface area contributed by atoms with E-state index in [1.165, 1.54) is 36.3 Å². The van der Waals surface area contributed by atoms with Crippen molar-refractivity contribution >= 4 is 23.9 Å². The first kappa shape index (κ1) is 12.4. The first-order valence-corrected chi connectivity index (χ1v) is 6.25. The van der Waals surface area contributed by atoms with Gasteiger partial charge in [-0.2, -0.15) is 0 Å². The van der Waals surface area contributed by atoms with E-state index in [0.717, 1.165) is 12.3 Å². The van der Waals surface area contributed by atoms with Gasteiger partial charge in [-0.15, -0.1) is 12.4 Å². The Kier molecular flexibility index (Phi) is 3.72. The number of para-hydroxylation sites is 1. The molecule has 17 heavy (non-hydrogen) atoms. The van der Waals surface area contributed by atoms with Crippen LogP contribution in [0.3, 0.4) is 0 Å². The van der Waals surface area contributed by atoms with Crippen LogP contribution in [-0.2, 0) is 0 Å². The van der Waals surface area contributed by atoms with Gasteiger partial charge < -0.3 is 5.32 Å². The average Bonchev–Trinajstić information content (AvgIpc) is 3.04. The van der Waals surface area contributed by atoms with Gasteiger partial charge in [-0.3, -0.25) is 4.99 Å². The molecular weight excluding hydrogens is 232 g/mol. The molecule has 1 fully saturated rings. The molecule has 0 radical (unpaired) electrons. The molecule has 0 amide bonds. The zero-order valence-electron chi connectivity index (χ0n) is 10.1. The fourth-order valence-electron chi connectivity index (χ4n) is 2.35. The molecular formula is C14H19ClN2. The van der Waals surface area contributed by atoms with Gasteiger partial charge in [0.1, 0.15) is 5.84 Å². The van der Waals surface area contributed by atoms with Crippen molar-refractivity contribution in [1.82, 2.24) is 0 Å². The second-order valence-electron chi connectivity index (χ2n) is 4.95. The van der Waals surface area contributed by atoms with Gasteiger partial charge in [-0.1, -0.05) is 18.2 Å². The van der Waals surface area contributed by atoms with Crippen molar-refractivity contribution in [3.8, 4) is 0 Å². The van der Waals surface area contributed by atoms with Crippen LogP contribution in [0, 0.1) is 0 Å². The Morgan fingerprint density at radius 2 is 1.94 bits per heavy atom. The van der Waals surface area contributed by atoms with E-state index in [2.05, 4.69) is 41.5 Å². The second-order valence-corrected chi connectivity index (χ2v) is 4.95. The fraction of sp³-hybridized carbons (Fsp3) is 0.500. The lowest BCUT2D eigenvalue weighted by atomic mass is 10.1. The quantitative estimate of drug-likeness (QED) is 0.844. The topological polar surface area (TPSA) is 24.4 Å². The summed E-state index contributed by atoms with van der Waals surface area (Å²) >= 11 is 0. The Bertz CT molecular complexity index is 424. The number of nitrogens with zero attached hydrogens (tertiary/aromatic N) is 1. The number of hydrogen-bond donors (Lipinski definition) is 1. The normalized spacial score (nSPS) is 22.9. The molecule has 1 atom stereocenters. The monoisotopic (exact) mass is 250 g/mol. The zero-order chi connectivity index (χ0) is 11.0. The predicted octanol–water partition coefficient (Wildman–Crippen LogP) is 3.98. The smallest absolute Gasteiger partial charge is 0.101 e. The number of rotatable bonds is 2. The van der Waals surface area contributed by atoms with Crippen LogP contribution < -0.4 is 5.32 Å². The Morgan fingerprint density at radius 3 is 2.59 bits per heavy atom. The summed E-state index contributed by atoms with van der Waals surface area (Å²) in [5.41, 5.74) is 2.75. The lowest BCUT2D eigenvalue weighted by Crippen LogP contribution is -2.09. The molecule has 1 aliphatic carbocycles. The van der Waals surface area contributed by atoms with E-state index >= 15 is 0 Å². The number of aliphatic imine (C=N–C) groups is 1. The largest absolute Gasteiger partial charge is 0.344 e. The Hall–Kier alpha value is -1.02. The minimum absolute atomic E-state index is 0. The molecule has 0 aromatic heterocycles. The van der Waals surface area contributed by atoms with Crippen molar-refractivity contribution < 1.29 is 0 Å². The molecule has 1 saturated carbocycles. The molecule has 0 saturated heterocycles. The molecule has 1 aromatic carbocycles. The van der Waals surface area contributed by atoms with Crippen molar-refractivity contribution in [2.24, 2.45) is 4.99 Å². The maximum Gasteiger partial charge on any atom is 0.101 e. The van der Waals surface area contributed by atoms with E-state index in [1.54, 1.807) is 0 Å². The van der Waals surface area contributed by atoms with Crippen LogP contribution in [-0.4, -0.2) is 11.9 Å². The summed E-state index contributed by atoms with van der Waals surface area (Å²) in [5.74, 6) is 1.96. The Labute approximate surface area is 109 Å². The number of halogens is 1. The number of benzene rings is 1. The van der Waals surface area contributed by atoms with E-state index < -0.39 is 0 Å². The van der Waals surface area contributed by atoms with Crippen molar-refractivity contribution in [1.29, 1.82) is 0 Å². The van der Waals surface area contributed by atoms with E-state index in [4.69, 9.17) is 0 Å². The van der Waals surface area contributed by atoms with Gasteiger partial charge in [0.2, 0.25) is 0 Å². The highest BCUT2D eigenvalue weighted by Crippen LogP contribution is 2.43. The Balaban J connectivity index is 0.00000108. The predicted molar refractivity (Wildman–Crippen MR) is 75.4 cm³/mol. The molecule has 1 N–H and O–H groups in total. The maximum atomic E-state index is 4.61. The van der Waals surface area contributed by atoms with Gasteiger partial charge in [0.25, 0.3) is 0 Å². The molecule has 3 rings (SSSR count). The summed E-state index contributed by atoms with van der Waals surface area (Å²) in [7, 11) is 0. The third kappa shape index (κ3) is 2.81. The molecule has 3 heteroatoms. The summed E-state index contributed by atoms with van der Waals surface area (Å²) in [6.45, 7) is 2.18. The van der Waals surface area contributed by atoms with Crippen LogP contribution in [0.1, 0.15) is 44.1 Å². The second kappa shape index (κ2) is 5.09. The van der Waals surface area contributed by atoms with Crippen molar-refractivity contribution in [2.75, 3.05) is 5.32 Å². The van der Waals surface area contributed by atoms with Gasteiger partial charge in [-0.05, 0) is 43.7 Å². The number of amidine groups is 1. The molecule has 2 aliphatic rings. The van der Waals surface area contributed by atoms with Crippen LogP contribution in [0.4, 0.5) is 5.69 Å². The maximum absolute atomic E-state index is 4.61. The third-order valence-corrected chi connectivity index (χ3v) is 3.43. The van der Waals surface area contributed by atoms with Crippen LogP contribution in [0.15, 0.2) is 29.3 Å². The molecule has 1 aromatic rings. The van der Waals surface area contributed by atoms with Crippen LogP contribution in [0.25, 0.3) is 0 Å². The summed E-state index contributed by atoms with van der Waals surface area (Å²) in [6, 6.07) is 9.17. The fourth-order valence-corrected chi connectivity index (χ4v) is 2.35. The average molecular weight is 251 g/mol. The first-order chi connectivity index (χ1) is 7.83. The van der Waals surface area contributed by atoms with Gasteiger partial charge >= 0.3 is 0 Å². The molecule has 1 aliphatic heterocycles. The van der Waals surface area contributed by atoms with E-state index in [0.29, 0.717) is 6.04 Å². The number of nitrogens with one attached hydrogen (secondary N) is 1. The van der Waals surface area contributed by atoms with Crippen LogP contribution in [0.2, 0.25) is 0 Å². The lowest BCUT2D eigenvalue weighted by molar-refractivity contribution is 0.739. The van der Waals surface area contributed by atoms with E-state index in [9.17, 15) is 0 Å². The zero-order valence-corrected chi connectivity index (χ0v) is 11.0. The summed E-state index contributed by atoms with van der Waals surface area (Å²) < 4.78 is 0.